The van der Waals surface area contributed by atoms with Crippen LogP contribution >= 0.6 is 0 Å². The van der Waals surface area contributed by atoms with E-state index in [-0.39, 0.29) is 0 Å². The minimum Gasteiger partial charge on any atom is -0.305 e. The zero-order valence-corrected chi connectivity index (χ0v) is 6.85. The molecule has 1 atom stereocenters. The first-order chi connectivity index (χ1) is 4.83. The Balaban J connectivity index is 2.18. The largest absolute Gasteiger partial charge is 0.305 e. The first-order valence-corrected chi connectivity index (χ1v) is 3.93. The van der Waals surface area contributed by atoms with Gasteiger partial charge < -0.3 is 4.90 Å². The van der Waals surface area contributed by atoms with Crippen molar-refractivity contribution in [3.05, 3.63) is 0 Å². The van der Waals surface area contributed by atoms with Crippen LogP contribution in [0.5, 0.6) is 0 Å². The summed E-state index contributed by atoms with van der Waals surface area (Å²) in [6, 6.07) is 0.642. The van der Waals surface area contributed by atoms with Crippen LogP contribution in [0, 0.1) is 0 Å². The van der Waals surface area contributed by atoms with Crippen molar-refractivity contribution in [1.29, 1.82) is 0 Å². The van der Waals surface area contributed by atoms with Crippen LogP contribution < -0.4 is 10.9 Å². The molecule has 0 spiro atoms. The lowest BCUT2D eigenvalue weighted by molar-refractivity contribution is 0.218. The summed E-state index contributed by atoms with van der Waals surface area (Å²) < 4.78 is 0. The highest BCUT2D eigenvalue weighted by molar-refractivity contribution is 4.73. The third-order valence-electron chi connectivity index (χ3n) is 1.97. The quantitative estimate of drug-likeness (QED) is 0.524. The van der Waals surface area contributed by atoms with Crippen LogP contribution in [-0.2, 0) is 0 Å². The third-order valence-corrected chi connectivity index (χ3v) is 1.97. The van der Waals surface area contributed by atoms with E-state index in [1.54, 1.807) is 0 Å². The number of likely N-dealkylation sites (tertiary alicyclic amines) is 1. The molecule has 60 valence electrons. The summed E-state index contributed by atoms with van der Waals surface area (Å²) in [4.78, 5) is 2.36. The Kier molecular flexibility index (Phi) is 3.12. The molecule has 1 saturated heterocycles. The molecule has 10 heavy (non-hydrogen) atoms. The molecule has 0 bridgehead atoms. The maximum absolute atomic E-state index is 3.22. The van der Waals surface area contributed by atoms with Crippen LogP contribution in [0.15, 0.2) is 0 Å². The van der Waals surface area contributed by atoms with Gasteiger partial charge in [-0.05, 0) is 33.5 Å². The zero-order chi connectivity index (χ0) is 7.40. The van der Waals surface area contributed by atoms with Crippen LogP contribution in [0.3, 0.4) is 0 Å². The number of hydrogen-bond acceptors (Lipinski definition) is 3. The van der Waals surface area contributed by atoms with Crippen molar-refractivity contribution in [1.82, 2.24) is 15.8 Å². The topological polar surface area (TPSA) is 27.3 Å². The van der Waals surface area contributed by atoms with Crippen molar-refractivity contribution >= 4 is 0 Å². The lowest BCUT2D eigenvalue weighted by Gasteiger charge is -2.29. The van der Waals surface area contributed by atoms with E-state index >= 15 is 0 Å². The van der Waals surface area contributed by atoms with Gasteiger partial charge in [-0.1, -0.05) is 0 Å². The van der Waals surface area contributed by atoms with Crippen molar-refractivity contribution in [2.24, 2.45) is 0 Å². The molecule has 1 fully saturated rings. The Bertz CT molecular complexity index is 92.9. The molecule has 0 amide bonds. The molecule has 1 heterocycles. The molecule has 1 unspecified atom stereocenters. The van der Waals surface area contributed by atoms with E-state index in [0.717, 1.165) is 0 Å². The number of hydrazine groups is 1. The number of hydrogen-bond donors (Lipinski definition) is 2. The molecule has 3 heteroatoms. The number of nitrogens with zero attached hydrogens (tertiary/aromatic N) is 1. The highest BCUT2D eigenvalue weighted by Crippen LogP contribution is 2.06. The Morgan fingerprint density at radius 1 is 1.50 bits per heavy atom. The van der Waals surface area contributed by atoms with Gasteiger partial charge in [0.25, 0.3) is 0 Å². The first-order valence-electron chi connectivity index (χ1n) is 3.93. The number of likely N-dealkylation sites (N-methyl/N-ethyl adjacent to an activating group) is 1. The summed E-state index contributed by atoms with van der Waals surface area (Å²) in [5.41, 5.74) is 6.20. The van der Waals surface area contributed by atoms with E-state index in [1.807, 2.05) is 7.05 Å². The van der Waals surface area contributed by atoms with Crippen LogP contribution in [0.4, 0.5) is 0 Å². The first kappa shape index (κ1) is 7.98. The van der Waals surface area contributed by atoms with Gasteiger partial charge in [-0.3, -0.25) is 10.9 Å². The lowest BCUT2D eigenvalue weighted by atomic mass is 10.1. The van der Waals surface area contributed by atoms with Crippen molar-refractivity contribution < 1.29 is 0 Å². The summed E-state index contributed by atoms with van der Waals surface area (Å²) >= 11 is 0. The van der Waals surface area contributed by atoms with E-state index in [4.69, 9.17) is 0 Å². The maximum Gasteiger partial charge on any atom is 0.0340 e. The predicted molar refractivity (Wildman–Crippen MR) is 42.7 cm³/mol. The van der Waals surface area contributed by atoms with Gasteiger partial charge >= 0.3 is 0 Å². The number of piperidine rings is 1. The van der Waals surface area contributed by atoms with Gasteiger partial charge in [-0.15, -0.1) is 0 Å². The number of rotatable bonds is 2. The van der Waals surface area contributed by atoms with Gasteiger partial charge in [0.2, 0.25) is 0 Å². The summed E-state index contributed by atoms with van der Waals surface area (Å²) in [6.45, 7) is 2.42. The highest BCUT2D eigenvalue weighted by Gasteiger charge is 2.15. The minimum absolute atomic E-state index is 0.642. The van der Waals surface area contributed by atoms with Gasteiger partial charge in [0, 0.05) is 12.6 Å². The third kappa shape index (κ3) is 2.25. The van der Waals surface area contributed by atoms with E-state index in [1.165, 1.54) is 25.9 Å². The SMILES string of the molecule is CNNC1CCCN(C)C1. The summed E-state index contributed by atoms with van der Waals surface area (Å²) in [7, 11) is 4.10. The van der Waals surface area contributed by atoms with Crippen molar-refractivity contribution in [3.8, 4) is 0 Å². The second-order valence-electron chi connectivity index (χ2n) is 3.00. The van der Waals surface area contributed by atoms with Crippen LogP contribution in [-0.4, -0.2) is 38.1 Å². The molecule has 1 rings (SSSR count). The molecule has 0 aromatic rings. The van der Waals surface area contributed by atoms with Crippen molar-refractivity contribution in [2.45, 2.75) is 18.9 Å². The number of nitrogens with one attached hydrogen (secondary N) is 2. The summed E-state index contributed by atoms with van der Waals surface area (Å²) in [5.74, 6) is 0. The summed E-state index contributed by atoms with van der Waals surface area (Å²) in [6.07, 6.45) is 2.61. The molecule has 0 aromatic heterocycles. The Morgan fingerprint density at radius 2 is 2.30 bits per heavy atom. The van der Waals surface area contributed by atoms with E-state index < -0.39 is 0 Å². The summed E-state index contributed by atoms with van der Waals surface area (Å²) in [5, 5.41) is 0. The normalized spacial score (nSPS) is 28.8. The zero-order valence-electron chi connectivity index (χ0n) is 6.85. The van der Waals surface area contributed by atoms with E-state index in [0.29, 0.717) is 6.04 Å². The van der Waals surface area contributed by atoms with Gasteiger partial charge in [0.05, 0.1) is 0 Å². The Morgan fingerprint density at radius 3 is 2.90 bits per heavy atom. The second kappa shape index (κ2) is 3.91. The Hall–Kier alpha value is -0.120. The lowest BCUT2D eigenvalue weighted by Crippen LogP contribution is -2.48. The molecule has 0 aliphatic carbocycles. The second-order valence-corrected chi connectivity index (χ2v) is 3.00. The van der Waals surface area contributed by atoms with Crippen molar-refractivity contribution in [2.75, 3.05) is 27.2 Å². The smallest absolute Gasteiger partial charge is 0.0340 e. The maximum atomic E-state index is 3.22. The molecule has 2 N–H and O–H groups in total. The van der Waals surface area contributed by atoms with Gasteiger partial charge in [0.15, 0.2) is 0 Å². The van der Waals surface area contributed by atoms with Crippen LogP contribution in [0.1, 0.15) is 12.8 Å². The average Bonchev–Trinajstić information content (AvgIpc) is 1.88. The van der Waals surface area contributed by atoms with Crippen LogP contribution in [0.2, 0.25) is 0 Å². The van der Waals surface area contributed by atoms with E-state index in [2.05, 4.69) is 22.8 Å². The fourth-order valence-electron chi connectivity index (χ4n) is 1.49. The molecule has 1 aliphatic heterocycles. The standard InChI is InChI=1S/C7H17N3/c1-8-9-7-4-3-5-10(2)6-7/h7-9H,3-6H2,1-2H3. The molecular weight excluding hydrogens is 126 g/mol. The molecule has 0 saturated carbocycles. The van der Waals surface area contributed by atoms with Crippen molar-refractivity contribution in [3.63, 3.8) is 0 Å². The van der Waals surface area contributed by atoms with E-state index in [9.17, 15) is 0 Å². The van der Waals surface area contributed by atoms with Gasteiger partial charge in [0.1, 0.15) is 0 Å². The molecule has 3 nitrogen and oxygen atoms in total. The monoisotopic (exact) mass is 143 g/mol. The van der Waals surface area contributed by atoms with Gasteiger partial charge in [-0.25, -0.2) is 0 Å². The minimum atomic E-state index is 0.642. The Labute approximate surface area is 62.8 Å². The molecule has 0 aromatic carbocycles. The molecular formula is C7H17N3. The highest BCUT2D eigenvalue weighted by atomic mass is 15.4. The average molecular weight is 143 g/mol. The molecule has 0 radical (unpaired) electrons. The predicted octanol–water partition coefficient (Wildman–Crippen LogP) is -0.195. The fourth-order valence-corrected chi connectivity index (χ4v) is 1.49. The molecule has 1 aliphatic rings. The van der Waals surface area contributed by atoms with Crippen LogP contribution in [0.25, 0.3) is 0 Å². The fraction of sp³-hybridized carbons (Fsp3) is 1.00. The van der Waals surface area contributed by atoms with Gasteiger partial charge in [-0.2, -0.15) is 0 Å².